The van der Waals surface area contributed by atoms with Crippen LogP contribution in [0.3, 0.4) is 0 Å². The molecule has 1 saturated heterocycles. The quantitative estimate of drug-likeness (QED) is 0.576. The van der Waals surface area contributed by atoms with Crippen LogP contribution in [-0.2, 0) is 4.74 Å². The molecule has 0 atom stereocenters. The molecule has 3 aromatic rings. The van der Waals surface area contributed by atoms with Crippen molar-refractivity contribution in [1.29, 1.82) is 0 Å². The van der Waals surface area contributed by atoms with Crippen LogP contribution in [0.2, 0.25) is 0 Å². The fraction of sp³-hybridized carbons (Fsp3) is 0.360. The smallest absolute Gasteiger partial charge is 0.251 e. The normalized spacial score (nSPS) is 13.8. The largest absolute Gasteiger partial charge is 0.439 e. The number of thiophene rings is 1. The Morgan fingerprint density at radius 1 is 1.22 bits per heavy atom. The molecule has 32 heavy (non-hydrogen) atoms. The maximum absolute atomic E-state index is 12.7. The van der Waals surface area contributed by atoms with Crippen molar-refractivity contribution in [2.45, 2.75) is 27.2 Å². The Bertz CT molecular complexity index is 1160. The topological polar surface area (TPSA) is 71.8 Å². The monoisotopic (exact) mass is 454 g/mol. The molecule has 0 radical (unpaired) electrons. The minimum atomic E-state index is -0.131. The van der Waals surface area contributed by atoms with Gasteiger partial charge < -0.3 is 19.4 Å². The number of hydrogen-bond acceptors (Lipinski definition) is 6. The molecule has 1 aliphatic heterocycles. The number of rotatable bonds is 5. The molecule has 0 unspecified atom stereocenters. The van der Waals surface area contributed by atoms with Crippen LogP contribution in [0.4, 0.5) is 5.88 Å². The molecule has 0 saturated carbocycles. The molecular formula is C25H30N2O4S. The van der Waals surface area contributed by atoms with E-state index in [2.05, 4.69) is 5.32 Å². The maximum Gasteiger partial charge on any atom is 0.251 e. The van der Waals surface area contributed by atoms with Crippen LogP contribution in [-0.4, -0.2) is 39.3 Å². The number of morpholine rings is 1. The van der Waals surface area contributed by atoms with Crippen molar-refractivity contribution in [2.75, 3.05) is 38.3 Å². The van der Waals surface area contributed by atoms with Crippen molar-refractivity contribution in [3.8, 4) is 11.1 Å². The van der Waals surface area contributed by atoms with Crippen molar-refractivity contribution in [3.05, 3.63) is 57.1 Å². The first-order valence-corrected chi connectivity index (χ1v) is 11.9. The second-order valence-corrected chi connectivity index (χ2v) is 7.93. The van der Waals surface area contributed by atoms with E-state index in [1.807, 2.05) is 61.4 Å². The van der Waals surface area contributed by atoms with Crippen LogP contribution in [0.5, 0.6) is 0 Å². The third-order valence-corrected chi connectivity index (χ3v) is 6.10. The first-order valence-electron chi connectivity index (χ1n) is 11.0. The Kier molecular flexibility index (Phi) is 8.25. The highest BCUT2D eigenvalue weighted by atomic mass is 32.1. The predicted octanol–water partition coefficient (Wildman–Crippen LogP) is 5.17. The van der Waals surface area contributed by atoms with Crippen molar-refractivity contribution in [1.82, 2.24) is 5.32 Å². The van der Waals surface area contributed by atoms with Gasteiger partial charge in [-0.05, 0) is 29.7 Å². The summed E-state index contributed by atoms with van der Waals surface area (Å²) in [6.45, 7) is 8.67. The van der Waals surface area contributed by atoms with Crippen molar-refractivity contribution in [2.24, 2.45) is 0 Å². The second kappa shape index (κ2) is 11.1. The molecule has 0 aliphatic carbocycles. The van der Waals surface area contributed by atoms with Crippen molar-refractivity contribution >= 4 is 39.5 Å². The first kappa shape index (κ1) is 23.8. The summed E-state index contributed by atoms with van der Waals surface area (Å²) < 4.78 is 12.2. The Morgan fingerprint density at radius 3 is 2.66 bits per heavy atom. The number of allylic oxidation sites excluding steroid dienone is 1. The summed E-state index contributed by atoms with van der Waals surface area (Å²) in [7, 11) is 1.62. The summed E-state index contributed by atoms with van der Waals surface area (Å²) in [6, 6.07) is 7.26. The molecule has 1 amide bonds. The summed E-state index contributed by atoms with van der Waals surface area (Å²) in [5.74, 6) is 0.442. The number of nitrogens with zero attached hydrogens (tertiary/aromatic N) is 1. The van der Waals surface area contributed by atoms with Crippen LogP contribution < -0.4 is 15.6 Å². The average molecular weight is 455 g/mol. The summed E-state index contributed by atoms with van der Waals surface area (Å²) in [5, 5.41) is 4.63. The van der Waals surface area contributed by atoms with Gasteiger partial charge in [-0.15, -0.1) is 11.3 Å². The fourth-order valence-electron chi connectivity index (χ4n) is 3.52. The van der Waals surface area contributed by atoms with E-state index in [9.17, 15) is 9.59 Å². The number of hydrogen-bond donors (Lipinski definition) is 1. The zero-order chi connectivity index (χ0) is 23.1. The molecule has 1 N–H and O–H groups in total. The lowest BCUT2D eigenvalue weighted by Gasteiger charge is -2.27. The fourth-order valence-corrected chi connectivity index (χ4v) is 4.44. The molecule has 6 nitrogen and oxygen atoms in total. The van der Waals surface area contributed by atoms with Gasteiger partial charge in [-0.3, -0.25) is 9.59 Å². The molecule has 1 aromatic carbocycles. The Labute approximate surface area is 192 Å². The lowest BCUT2D eigenvalue weighted by Crippen LogP contribution is -2.36. The first-order chi connectivity index (χ1) is 15.6. The van der Waals surface area contributed by atoms with E-state index in [-0.39, 0.29) is 11.3 Å². The minimum absolute atomic E-state index is 0.0397. The second-order valence-electron chi connectivity index (χ2n) is 7.05. The number of nitrogens with one attached hydrogen (secondary N) is 1. The zero-order valence-corrected chi connectivity index (χ0v) is 19.9. The number of ether oxygens (including phenoxy) is 1. The molecule has 170 valence electrons. The predicted molar refractivity (Wildman–Crippen MR) is 133 cm³/mol. The number of amides is 1. The van der Waals surface area contributed by atoms with Crippen LogP contribution in [0, 0.1) is 0 Å². The number of anilines is 1. The van der Waals surface area contributed by atoms with Crippen LogP contribution in [0.1, 0.15) is 43.1 Å². The Hall–Kier alpha value is -2.90. The summed E-state index contributed by atoms with van der Waals surface area (Å²) >= 11 is 1.38. The zero-order valence-electron chi connectivity index (χ0n) is 19.1. The lowest BCUT2D eigenvalue weighted by molar-refractivity contribution is 0.0963. The van der Waals surface area contributed by atoms with Gasteiger partial charge in [0.25, 0.3) is 5.91 Å². The minimum Gasteiger partial charge on any atom is -0.439 e. The van der Waals surface area contributed by atoms with E-state index >= 15 is 0 Å². The number of benzene rings is 1. The summed E-state index contributed by atoms with van der Waals surface area (Å²) in [6.07, 6.45) is 4.85. The van der Waals surface area contributed by atoms with E-state index in [0.717, 1.165) is 23.1 Å². The number of carbonyl (C=O) groups is 1. The van der Waals surface area contributed by atoms with Gasteiger partial charge in [0.15, 0.2) is 11.5 Å². The highest BCUT2D eigenvalue weighted by molar-refractivity contribution is 7.17. The Balaban J connectivity index is 0.00000141. The third-order valence-electron chi connectivity index (χ3n) is 5.12. The van der Waals surface area contributed by atoms with Crippen LogP contribution in [0.25, 0.3) is 27.5 Å². The standard InChI is InChI=1S/C23H24N2O4S.C2H6/c1-3-4-5-15-12-16(6-7-17(15)23(27)24-2)18-14-30-22-19(26)13-20(29-21(18)22)25-8-10-28-11-9-25;1-2/h4-7,12-14H,3,8-11H2,1-2H3,(H,24,27);1-2H3/b5-4-;. The van der Waals surface area contributed by atoms with Gasteiger partial charge in [0.2, 0.25) is 5.43 Å². The van der Waals surface area contributed by atoms with Gasteiger partial charge in [-0.1, -0.05) is 39.0 Å². The highest BCUT2D eigenvalue weighted by Gasteiger charge is 2.19. The number of carbonyl (C=O) groups excluding carboxylic acids is 1. The van der Waals surface area contributed by atoms with Crippen molar-refractivity contribution < 1.29 is 13.9 Å². The van der Waals surface area contributed by atoms with Gasteiger partial charge in [-0.2, -0.15) is 0 Å². The highest BCUT2D eigenvalue weighted by Crippen LogP contribution is 2.35. The molecule has 2 aromatic heterocycles. The Morgan fingerprint density at radius 2 is 1.97 bits per heavy atom. The molecule has 3 heterocycles. The summed E-state index contributed by atoms with van der Waals surface area (Å²) in [5.41, 5.74) is 3.76. The number of fused-ring (bicyclic) bond motifs is 1. The SMILES string of the molecule is CC.CC/C=C\c1cc(-c2csc3c(=O)cc(N4CCOCC4)oc23)ccc1C(=O)NC. The lowest BCUT2D eigenvalue weighted by atomic mass is 9.99. The van der Waals surface area contributed by atoms with Gasteiger partial charge >= 0.3 is 0 Å². The third kappa shape index (κ3) is 4.95. The van der Waals surface area contributed by atoms with Gasteiger partial charge in [-0.25, -0.2) is 0 Å². The van der Waals surface area contributed by atoms with Gasteiger partial charge in [0.1, 0.15) is 4.70 Å². The van der Waals surface area contributed by atoms with E-state index in [0.29, 0.717) is 48.0 Å². The molecule has 1 fully saturated rings. The average Bonchev–Trinajstić information content (AvgIpc) is 3.28. The van der Waals surface area contributed by atoms with Crippen molar-refractivity contribution in [3.63, 3.8) is 0 Å². The van der Waals surface area contributed by atoms with E-state index in [1.54, 1.807) is 13.1 Å². The molecular weight excluding hydrogens is 424 g/mol. The molecule has 4 rings (SSSR count). The molecule has 0 bridgehead atoms. The molecule has 1 aliphatic rings. The van der Waals surface area contributed by atoms with Gasteiger partial charge in [0, 0.05) is 42.7 Å². The van der Waals surface area contributed by atoms with E-state index in [4.69, 9.17) is 9.15 Å². The molecule has 7 heteroatoms. The van der Waals surface area contributed by atoms with Crippen LogP contribution in [0.15, 0.2) is 44.9 Å². The maximum atomic E-state index is 12.7. The van der Waals surface area contributed by atoms with Crippen LogP contribution >= 0.6 is 11.3 Å². The van der Waals surface area contributed by atoms with Gasteiger partial charge in [0.05, 0.1) is 13.2 Å². The summed E-state index contributed by atoms with van der Waals surface area (Å²) in [4.78, 5) is 27.0. The van der Waals surface area contributed by atoms with E-state index in [1.165, 1.54) is 11.3 Å². The molecule has 0 spiro atoms. The van der Waals surface area contributed by atoms with E-state index < -0.39 is 0 Å².